The second-order valence-electron chi connectivity index (χ2n) is 5.33. The van der Waals surface area contributed by atoms with Crippen LogP contribution < -0.4 is 0 Å². The number of benzene rings is 1. The van der Waals surface area contributed by atoms with Crippen molar-refractivity contribution in [3.05, 3.63) is 85.5 Å². The predicted molar refractivity (Wildman–Crippen MR) is 93.9 cm³/mol. The van der Waals surface area contributed by atoms with Crippen LogP contribution in [0.1, 0.15) is 0 Å². The van der Waals surface area contributed by atoms with E-state index in [1.54, 1.807) is 24.8 Å². The Labute approximate surface area is 139 Å². The van der Waals surface area contributed by atoms with Crippen LogP contribution in [0.3, 0.4) is 0 Å². The van der Waals surface area contributed by atoms with E-state index in [0.717, 1.165) is 33.6 Å². The third-order valence-corrected chi connectivity index (χ3v) is 3.81. The summed E-state index contributed by atoms with van der Waals surface area (Å²) in [4.78, 5) is 8.14. The van der Waals surface area contributed by atoms with Crippen LogP contribution in [-0.4, -0.2) is 20.2 Å². The summed E-state index contributed by atoms with van der Waals surface area (Å²) < 4.78 is 0. The molecule has 0 N–H and O–H groups in total. The Bertz CT molecular complexity index is 939. The zero-order valence-electron chi connectivity index (χ0n) is 12.9. The van der Waals surface area contributed by atoms with Crippen LogP contribution >= 0.6 is 0 Å². The van der Waals surface area contributed by atoms with Crippen molar-refractivity contribution in [3.8, 4) is 33.6 Å². The van der Waals surface area contributed by atoms with Gasteiger partial charge in [0.15, 0.2) is 0 Å². The van der Waals surface area contributed by atoms with Gasteiger partial charge in [-0.1, -0.05) is 30.3 Å². The van der Waals surface area contributed by atoms with E-state index < -0.39 is 0 Å². The molecule has 0 unspecified atom stereocenters. The van der Waals surface area contributed by atoms with Crippen molar-refractivity contribution in [2.75, 3.05) is 0 Å². The van der Waals surface area contributed by atoms with E-state index in [-0.39, 0.29) is 0 Å². The van der Waals surface area contributed by atoms with Crippen molar-refractivity contribution >= 4 is 0 Å². The molecule has 0 aliphatic rings. The van der Waals surface area contributed by atoms with E-state index in [0.29, 0.717) is 0 Å². The summed E-state index contributed by atoms with van der Waals surface area (Å²) in [6, 6.07) is 20.1. The molecule has 0 radical (unpaired) electrons. The first-order chi connectivity index (χ1) is 11.9. The van der Waals surface area contributed by atoms with Crippen molar-refractivity contribution in [2.24, 2.45) is 0 Å². The fraction of sp³-hybridized carbons (Fsp3) is 0. The van der Waals surface area contributed by atoms with Crippen molar-refractivity contribution in [1.29, 1.82) is 0 Å². The minimum atomic E-state index is 0.828. The molecule has 0 aliphatic carbocycles. The molecule has 4 aromatic rings. The Kier molecular flexibility index (Phi) is 3.78. The van der Waals surface area contributed by atoms with E-state index in [1.807, 2.05) is 42.5 Å². The van der Waals surface area contributed by atoms with Gasteiger partial charge >= 0.3 is 0 Å². The van der Waals surface area contributed by atoms with E-state index in [1.165, 1.54) is 0 Å². The minimum absolute atomic E-state index is 0.828. The summed E-state index contributed by atoms with van der Waals surface area (Å²) >= 11 is 0. The van der Waals surface area contributed by atoms with E-state index in [2.05, 4.69) is 38.4 Å². The average Bonchev–Trinajstić information content (AvgIpc) is 2.69. The van der Waals surface area contributed by atoms with Crippen LogP contribution in [0, 0.1) is 0 Å². The lowest BCUT2D eigenvalue weighted by atomic mass is 9.99. The van der Waals surface area contributed by atoms with Crippen LogP contribution in [0.25, 0.3) is 33.6 Å². The molecule has 3 heterocycles. The van der Waals surface area contributed by atoms with E-state index >= 15 is 0 Å². The van der Waals surface area contributed by atoms with Crippen LogP contribution in [0.15, 0.2) is 85.5 Å². The zero-order valence-corrected chi connectivity index (χ0v) is 12.9. The molecule has 24 heavy (non-hydrogen) atoms. The maximum Gasteiger partial charge on any atom is 0.101 e. The molecule has 0 atom stereocenters. The molecule has 114 valence electrons. The van der Waals surface area contributed by atoms with Gasteiger partial charge in [0, 0.05) is 41.5 Å². The van der Waals surface area contributed by atoms with Gasteiger partial charge in [-0.3, -0.25) is 9.97 Å². The highest BCUT2D eigenvalue weighted by Crippen LogP contribution is 2.32. The number of rotatable bonds is 3. The van der Waals surface area contributed by atoms with Gasteiger partial charge in [0.25, 0.3) is 0 Å². The molecular formula is C20H14N4. The van der Waals surface area contributed by atoms with Crippen molar-refractivity contribution in [1.82, 2.24) is 20.2 Å². The molecule has 0 saturated heterocycles. The summed E-state index contributed by atoms with van der Waals surface area (Å²) in [7, 11) is 0. The highest BCUT2D eigenvalue weighted by Gasteiger charge is 2.12. The second-order valence-corrected chi connectivity index (χ2v) is 5.33. The molecule has 0 aliphatic heterocycles. The SMILES string of the molecule is c1ccc(-c2cc(-c3ccncc3)nnc2-c2ccncc2)cc1. The summed E-state index contributed by atoms with van der Waals surface area (Å²) in [6.45, 7) is 0. The second kappa shape index (κ2) is 6.38. The van der Waals surface area contributed by atoms with Crippen LogP contribution in [-0.2, 0) is 0 Å². The lowest BCUT2D eigenvalue weighted by Gasteiger charge is -2.10. The zero-order chi connectivity index (χ0) is 16.2. The fourth-order valence-corrected chi connectivity index (χ4v) is 2.62. The molecule has 0 fully saturated rings. The number of aromatic nitrogens is 4. The number of nitrogens with zero attached hydrogens (tertiary/aromatic N) is 4. The summed E-state index contributed by atoms with van der Waals surface area (Å²) in [6.07, 6.45) is 7.05. The lowest BCUT2D eigenvalue weighted by Crippen LogP contribution is -1.95. The molecule has 0 saturated carbocycles. The summed E-state index contributed by atoms with van der Waals surface area (Å²) in [5.41, 5.74) is 5.82. The van der Waals surface area contributed by atoms with Gasteiger partial charge in [-0.15, -0.1) is 10.2 Å². The Morgan fingerprint density at radius 2 is 1.17 bits per heavy atom. The van der Waals surface area contributed by atoms with Crippen LogP contribution in [0.2, 0.25) is 0 Å². The van der Waals surface area contributed by atoms with Crippen molar-refractivity contribution < 1.29 is 0 Å². The molecule has 4 heteroatoms. The molecular weight excluding hydrogens is 296 g/mol. The number of hydrogen-bond donors (Lipinski definition) is 0. The fourth-order valence-electron chi connectivity index (χ4n) is 2.62. The van der Waals surface area contributed by atoms with Gasteiger partial charge in [0.2, 0.25) is 0 Å². The predicted octanol–water partition coefficient (Wildman–Crippen LogP) is 4.27. The van der Waals surface area contributed by atoms with Crippen LogP contribution in [0.5, 0.6) is 0 Å². The monoisotopic (exact) mass is 310 g/mol. The molecule has 0 amide bonds. The van der Waals surface area contributed by atoms with E-state index in [4.69, 9.17) is 0 Å². The smallest absolute Gasteiger partial charge is 0.101 e. The standard InChI is InChI=1S/C20H14N4/c1-2-4-15(5-3-1)18-14-19(16-6-10-21-11-7-16)23-24-20(18)17-8-12-22-13-9-17/h1-14H. The largest absolute Gasteiger partial charge is 0.265 e. The normalized spacial score (nSPS) is 10.5. The van der Waals surface area contributed by atoms with E-state index in [9.17, 15) is 0 Å². The maximum atomic E-state index is 4.50. The van der Waals surface area contributed by atoms with Gasteiger partial charge in [0.1, 0.15) is 5.69 Å². The first-order valence-electron chi connectivity index (χ1n) is 7.66. The van der Waals surface area contributed by atoms with Gasteiger partial charge in [-0.05, 0) is 35.9 Å². The van der Waals surface area contributed by atoms with Gasteiger partial charge in [-0.2, -0.15) is 0 Å². The highest BCUT2D eigenvalue weighted by molar-refractivity contribution is 5.82. The molecule has 0 bridgehead atoms. The Hall–Kier alpha value is -3.40. The number of pyridine rings is 2. The quantitative estimate of drug-likeness (QED) is 0.567. The Balaban J connectivity index is 1.92. The molecule has 0 spiro atoms. The molecule has 4 rings (SSSR count). The molecule has 4 nitrogen and oxygen atoms in total. The van der Waals surface area contributed by atoms with Gasteiger partial charge in [0.05, 0.1) is 5.69 Å². The van der Waals surface area contributed by atoms with Gasteiger partial charge < -0.3 is 0 Å². The topological polar surface area (TPSA) is 51.6 Å². The lowest BCUT2D eigenvalue weighted by molar-refractivity contribution is 1.04. The highest BCUT2D eigenvalue weighted by atomic mass is 15.1. The first-order valence-corrected chi connectivity index (χ1v) is 7.66. The maximum absolute atomic E-state index is 4.50. The first kappa shape index (κ1) is 14.2. The molecule has 3 aromatic heterocycles. The molecule has 1 aromatic carbocycles. The van der Waals surface area contributed by atoms with Gasteiger partial charge in [-0.25, -0.2) is 0 Å². The Morgan fingerprint density at radius 3 is 1.83 bits per heavy atom. The third kappa shape index (κ3) is 2.77. The minimum Gasteiger partial charge on any atom is -0.265 e. The third-order valence-electron chi connectivity index (χ3n) is 3.81. The number of hydrogen-bond acceptors (Lipinski definition) is 4. The van der Waals surface area contributed by atoms with Crippen LogP contribution in [0.4, 0.5) is 0 Å². The van der Waals surface area contributed by atoms with Crippen molar-refractivity contribution in [2.45, 2.75) is 0 Å². The summed E-state index contributed by atoms with van der Waals surface area (Å²) in [5, 5.41) is 8.92. The van der Waals surface area contributed by atoms with Crippen molar-refractivity contribution in [3.63, 3.8) is 0 Å². The summed E-state index contributed by atoms with van der Waals surface area (Å²) in [5.74, 6) is 0. The average molecular weight is 310 g/mol. The Morgan fingerprint density at radius 1 is 0.542 bits per heavy atom.